The summed E-state index contributed by atoms with van der Waals surface area (Å²) in [7, 11) is 0. The molecule has 27 heavy (non-hydrogen) atoms. The summed E-state index contributed by atoms with van der Waals surface area (Å²) in [6, 6.07) is 17.3. The fraction of sp³-hybridized carbons (Fsp3) is 0.150. The highest BCUT2D eigenvalue weighted by atomic mass is 79.9. The van der Waals surface area contributed by atoms with E-state index in [9.17, 15) is 4.79 Å². The summed E-state index contributed by atoms with van der Waals surface area (Å²) in [5.74, 6) is 1.20. The number of hydrogen-bond acceptors (Lipinski definition) is 5. The fourth-order valence-electron chi connectivity index (χ4n) is 2.29. The first-order valence-corrected chi connectivity index (χ1v) is 10.2. The maximum absolute atomic E-state index is 12.6. The van der Waals surface area contributed by atoms with Gasteiger partial charge in [0.25, 0.3) is 5.91 Å². The van der Waals surface area contributed by atoms with Gasteiger partial charge < -0.3 is 10.1 Å². The molecule has 0 saturated heterocycles. The van der Waals surface area contributed by atoms with E-state index in [1.54, 1.807) is 18.3 Å². The molecule has 1 amide bonds. The van der Waals surface area contributed by atoms with Crippen LogP contribution in [0.25, 0.3) is 0 Å². The average Bonchev–Trinajstić information content (AvgIpc) is 2.70. The monoisotopic (exact) mass is 443 g/mol. The van der Waals surface area contributed by atoms with Crippen molar-refractivity contribution < 1.29 is 9.53 Å². The number of aromatic nitrogens is 2. The third-order valence-corrected chi connectivity index (χ3v) is 5.08. The highest BCUT2D eigenvalue weighted by Gasteiger charge is 2.14. The molecular weight excluding hydrogens is 426 g/mol. The molecule has 0 spiro atoms. The maximum Gasteiger partial charge on any atom is 0.275 e. The quantitative estimate of drug-likeness (QED) is 0.402. The Morgan fingerprint density at radius 2 is 1.89 bits per heavy atom. The third kappa shape index (κ3) is 5.55. The van der Waals surface area contributed by atoms with Gasteiger partial charge in [0.2, 0.25) is 0 Å². The van der Waals surface area contributed by atoms with Crippen molar-refractivity contribution in [1.29, 1.82) is 0 Å². The molecule has 1 aromatic heterocycles. The van der Waals surface area contributed by atoms with Crippen molar-refractivity contribution in [3.8, 4) is 5.75 Å². The van der Waals surface area contributed by atoms with Crippen molar-refractivity contribution in [2.24, 2.45) is 0 Å². The Kier molecular flexibility index (Phi) is 6.84. The molecule has 0 unspecified atom stereocenters. The summed E-state index contributed by atoms with van der Waals surface area (Å²) < 4.78 is 5.96. The fourth-order valence-corrected chi connectivity index (χ4v) is 3.44. The largest absolute Gasteiger partial charge is 0.494 e. The van der Waals surface area contributed by atoms with Crippen molar-refractivity contribution in [3.05, 3.63) is 76.5 Å². The van der Waals surface area contributed by atoms with Gasteiger partial charge >= 0.3 is 0 Å². The molecule has 0 saturated carbocycles. The Labute approximate surface area is 170 Å². The highest BCUT2D eigenvalue weighted by Crippen LogP contribution is 2.23. The van der Waals surface area contributed by atoms with Crippen molar-refractivity contribution in [2.45, 2.75) is 17.8 Å². The lowest BCUT2D eigenvalue weighted by Crippen LogP contribution is -2.15. The summed E-state index contributed by atoms with van der Waals surface area (Å²) in [6.45, 7) is 2.53. The van der Waals surface area contributed by atoms with Crippen LogP contribution in [-0.4, -0.2) is 22.5 Å². The topological polar surface area (TPSA) is 64.1 Å². The molecule has 0 fully saturated rings. The number of ether oxygens (including phenoxy) is 1. The summed E-state index contributed by atoms with van der Waals surface area (Å²) in [6.07, 6.45) is 1.60. The van der Waals surface area contributed by atoms with Crippen LogP contribution in [0.15, 0.2) is 70.4 Å². The van der Waals surface area contributed by atoms with Gasteiger partial charge in [0.1, 0.15) is 11.4 Å². The average molecular weight is 444 g/mol. The smallest absolute Gasteiger partial charge is 0.275 e. The summed E-state index contributed by atoms with van der Waals surface area (Å²) in [5.41, 5.74) is 2.15. The number of benzene rings is 2. The van der Waals surface area contributed by atoms with Crippen molar-refractivity contribution in [1.82, 2.24) is 9.97 Å². The zero-order valence-corrected chi connectivity index (χ0v) is 17.1. The number of rotatable bonds is 7. The SMILES string of the molecule is CCOc1ccc(NC(=O)c2nc(SCc3ccccc3)ncc2Br)cc1. The second-order valence-corrected chi connectivity index (χ2v) is 7.33. The van der Waals surface area contributed by atoms with Crippen LogP contribution in [-0.2, 0) is 5.75 Å². The Bertz CT molecular complexity index is 905. The first kappa shape index (κ1) is 19.4. The second kappa shape index (κ2) is 9.53. The van der Waals surface area contributed by atoms with Crippen LogP contribution in [0.3, 0.4) is 0 Å². The number of halogens is 1. The van der Waals surface area contributed by atoms with Crippen molar-refractivity contribution in [2.75, 3.05) is 11.9 Å². The van der Waals surface area contributed by atoms with Crippen LogP contribution in [0, 0.1) is 0 Å². The predicted molar refractivity (Wildman–Crippen MR) is 111 cm³/mol. The summed E-state index contributed by atoms with van der Waals surface area (Å²) >= 11 is 4.85. The molecule has 1 heterocycles. The van der Waals surface area contributed by atoms with Crippen LogP contribution in [0.1, 0.15) is 23.0 Å². The van der Waals surface area contributed by atoms with E-state index in [-0.39, 0.29) is 5.91 Å². The van der Waals surface area contributed by atoms with Gasteiger partial charge in [-0.3, -0.25) is 4.79 Å². The number of anilines is 1. The Morgan fingerprint density at radius 1 is 1.15 bits per heavy atom. The molecule has 3 rings (SSSR count). The van der Waals surface area contributed by atoms with Gasteiger partial charge in [0.05, 0.1) is 11.1 Å². The molecule has 0 atom stereocenters. The van der Waals surface area contributed by atoms with E-state index in [0.29, 0.717) is 27.6 Å². The molecule has 0 aliphatic rings. The molecule has 5 nitrogen and oxygen atoms in total. The molecule has 0 aliphatic heterocycles. The van der Waals surface area contributed by atoms with Gasteiger partial charge in [-0.1, -0.05) is 42.1 Å². The van der Waals surface area contributed by atoms with Gasteiger partial charge in [0.15, 0.2) is 5.16 Å². The first-order valence-electron chi connectivity index (χ1n) is 8.39. The number of amides is 1. The van der Waals surface area contributed by atoms with Gasteiger partial charge in [0, 0.05) is 17.6 Å². The van der Waals surface area contributed by atoms with E-state index in [1.807, 2.05) is 49.4 Å². The third-order valence-electron chi connectivity index (χ3n) is 3.57. The number of thioether (sulfide) groups is 1. The second-order valence-electron chi connectivity index (χ2n) is 5.53. The Hall–Kier alpha value is -2.38. The standard InChI is InChI=1S/C20H18BrN3O2S/c1-2-26-16-10-8-15(9-11-16)23-19(25)18-17(21)12-22-20(24-18)27-13-14-6-4-3-5-7-14/h3-12H,2,13H2,1H3,(H,23,25). The summed E-state index contributed by atoms with van der Waals surface area (Å²) in [5, 5.41) is 3.40. The molecule has 1 N–H and O–H groups in total. The minimum Gasteiger partial charge on any atom is -0.494 e. The lowest BCUT2D eigenvalue weighted by Gasteiger charge is -2.09. The molecule has 7 heteroatoms. The number of hydrogen-bond donors (Lipinski definition) is 1. The molecule has 3 aromatic rings. The van der Waals surface area contributed by atoms with E-state index in [2.05, 4.69) is 31.2 Å². The molecule has 0 aliphatic carbocycles. The molecule has 138 valence electrons. The highest BCUT2D eigenvalue weighted by molar-refractivity contribution is 9.10. The first-order chi connectivity index (χ1) is 13.2. The molecule has 2 aromatic carbocycles. The van der Waals surface area contributed by atoms with Crippen LogP contribution in [0.5, 0.6) is 5.75 Å². The van der Waals surface area contributed by atoms with Gasteiger partial charge in [-0.15, -0.1) is 0 Å². The predicted octanol–water partition coefficient (Wildman–Crippen LogP) is 5.18. The zero-order chi connectivity index (χ0) is 19.1. The lowest BCUT2D eigenvalue weighted by molar-refractivity contribution is 0.102. The number of carbonyl (C=O) groups is 1. The van der Waals surface area contributed by atoms with E-state index >= 15 is 0 Å². The van der Waals surface area contributed by atoms with E-state index in [4.69, 9.17) is 4.74 Å². The van der Waals surface area contributed by atoms with Gasteiger partial charge in [-0.25, -0.2) is 9.97 Å². The number of nitrogens with zero attached hydrogens (tertiary/aromatic N) is 2. The van der Waals surface area contributed by atoms with Crippen molar-refractivity contribution >= 4 is 39.3 Å². The van der Waals surface area contributed by atoms with Crippen LogP contribution < -0.4 is 10.1 Å². The Balaban J connectivity index is 1.68. The number of carbonyl (C=O) groups excluding carboxylic acids is 1. The molecule has 0 bridgehead atoms. The Morgan fingerprint density at radius 3 is 2.59 bits per heavy atom. The van der Waals surface area contributed by atoms with Crippen LogP contribution in [0.4, 0.5) is 5.69 Å². The summed E-state index contributed by atoms with van der Waals surface area (Å²) in [4.78, 5) is 21.3. The zero-order valence-electron chi connectivity index (χ0n) is 14.7. The van der Waals surface area contributed by atoms with E-state index in [1.165, 1.54) is 17.3 Å². The minimum absolute atomic E-state index is 0.296. The number of nitrogens with one attached hydrogen (secondary N) is 1. The van der Waals surface area contributed by atoms with E-state index < -0.39 is 0 Å². The normalized spacial score (nSPS) is 10.4. The van der Waals surface area contributed by atoms with Gasteiger partial charge in [-0.2, -0.15) is 0 Å². The lowest BCUT2D eigenvalue weighted by atomic mass is 10.2. The molecule has 0 radical (unpaired) electrons. The van der Waals surface area contributed by atoms with Crippen molar-refractivity contribution in [3.63, 3.8) is 0 Å². The van der Waals surface area contributed by atoms with Gasteiger partial charge in [-0.05, 0) is 52.7 Å². The molecular formula is C20H18BrN3O2S. The van der Waals surface area contributed by atoms with Crippen LogP contribution >= 0.6 is 27.7 Å². The van der Waals surface area contributed by atoms with Crippen LogP contribution in [0.2, 0.25) is 0 Å². The minimum atomic E-state index is -0.296. The maximum atomic E-state index is 12.6. The van der Waals surface area contributed by atoms with E-state index in [0.717, 1.165) is 11.5 Å².